The molecule has 230 valence electrons. The van der Waals surface area contributed by atoms with Gasteiger partial charge in [0.1, 0.15) is 11.5 Å². The molecule has 1 heterocycles. The van der Waals surface area contributed by atoms with Gasteiger partial charge in [-0.05, 0) is 97.1 Å². The van der Waals surface area contributed by atoms with Gasteiger partial charge in [-0.3, -0.25) is 4.52 Å². The van der Waals surface area contributed by atoms with Crippen LogP contribution in [0.2, 0.25) is 0 Å². The van der Waals surface area contributed by atoms with Crippen molar-refractivity contribution in [2.75, 3.05) is 6.61 Å². The van der Waals surface area contributed by atoms with Gasteiger partial charge in [-0.15, -0.1) is 0 Å². The van der Waals surface area contributed by atoms with Crippen LogP contribution in [0, 0.1) is 5.92 Å². The lowest BCUT2D eigenvalue weighted by molar-refractivity contribution is 0.254. The van der Waals surface area contributed by atoms with Crippen molar-refractivity contribution in [1.29, 1.82) is 0 Å². The maximum Gasteiger partial charge on any atom is 0.463 e. The second-order valence-electron chi connectivity index (χ2n) is 12.6. The van der Waals surface area contributed by atoms with E-state index in [1.54, 1.807) is 0 Å². The largest absolute Gasteiger partial charge is 0.463 e. The first kappa shape index (κ1) is 33.9. The van der Waals surface area contributed by atoms with Crippen LogP contribution in [0.4, 0.5) is 0 Å². The molecule has 0 atom stereocenters. The van der Waals surface area contributed by atoms with Gasteiger partial charge in [0.25, 0.3) is 0 Å². The zero-order chi connectivity index (χ0) is 29.5. The van der Waals surface area contributed by atoms with Gasteiger partial charge in [0.15, 0.2) is 0 Å². The van der Waals surface area contributed by atoms with E-state index in [-0.39, 0.29) is 0 Å². The Labute approximate surface area is 254 Å². The molecule has 2 aromatic carbocycles. The van der Waals surface area contributed by atoms with Crippen molar-refractivity contribution in [2.24, 2.45) is 5.92 Å². The standard InChI is InChI=1S/C37H59O3P/c1-7-11-19-30-24-32(21-13-9-3)36-34(26-30)28-35-27-31(20-12-8-2)25-33(22-14-10-4)37(35)40-41(39-36)38-23-17-15-16-18-29(5)6/h24-27,29H,7-23,28H2,1-6H3. The minimum Gasteiger partial charge on any atom is -0.417 e. The third-order valence-electron chi connectivity index (χ3n) is 8.18. The Morgan fingerprint density at radius 3 is 1.59 bits per heavy atom. The lowest BCUT2D eigenvalue weighted by Gasteiger charge is -2.28. The van der Waals surface area contributed by atoms with Crippen LogP contribution in [-0.2, 0) is 36.6 Å². The predicted molar refractivity (Wildman–Crippen MR) is 178 cm³/mol. The highest BCUT2D eigenvalue weighted by Gasteiger charge is 2.28. The number of unbranched alkanes of at least 4 members (excludes halogenated alkanes) is 6. The maximum absolute atomic E-state index is 6.80. The molecule has 3 nitrogen and oxygen atoms in total. The van der Waals surface area contributed by atoms with Crippen molar-refractivity contribution >= 4 is 8.60 Å². The van der Waals surface area contributed by atoms with E-state index in [0.29, 0.717) is 6.61 Å². The summed E-state index contributed by atoms with van der Waals surface area (Å²) >= 11 is 0. The van der Waals surface area contributed by atoms with Crippen LogP contribution < -0.4 is 9.05 Å². The Hall–Kier alpha value is -1.57. The fourth-order valence-corrected chi connectivity index (χ4v) is 6.89. The Balaban J connectivity index is 2.01. The molecule has 0 N–H and O–H groups in total. The molecule has 41 heavy (non-hydrogen) atoms. The van der Waals surface area contributed by atoms with Gasteiger partial charge in [-0.2, -0.15) is 0 Å². The fraction of sp³-hybridized carbons (Fsp3) is 0.676. The molecule has 3 rings (SSSR count). The molecule has 4 heteroatoms. The van der Waals surface area contributed by atoms with Crippen LogP contribution in [0.15, 0.2) is 24.3 Å². The van der Waals surface area contributed by atoms with Crippen LogP contribution >= 0.6 is 8.60 Å². The normalized spacial score (nSPS) is 13.3. The highest BCUT2D eigenvalue weighted by molar-refractivity contribution is 7.42. The van der Waals surface area contributed by atoms with Gasteiger partial charge in [-0.25, -0.2) is 0 Å². The summed E-state index contributed by atoms with van der Waals surface area (Å²) in [5, 5.41) is 0. The summed E-state index contributed by atoms with van der Waals surface area (Å²) in [6, 6.07) is 9.69. The van der Waals surface area contributed by atoms with E-state index >= 15 is 0 Å². The number of rotatable bonds is 19. The van der Waals surface area contributed by atoms with Crippen LogP contribution in [0.25, 0.3) is 0 Å². The first-order valence-corrected chi connectivity index (χ1v) is 18.2. The molecular formula is C37H59O3P. The summed E-state index contributed by atoms with van der Waals surface area (Å²) < 4.78 is 20.1. The second kappa shape index (κ2) is 18.9. The topological polar surface area (TPSA) is 27.7 Å². The minimum atomic E-state index is -1.53. The summed E-state index contributed by atoms with van der Waals surface area (Å²) in [7, 11) is -1.53. The highest BCUT2D eigenvalue weighted by Crippen LogP contribution is 2.50. The van der Waals surface area contributed by atoms with Gasteiger partial charge in [-0.1, -0.05) is 111 Å². The molecule has 0 unspecified atom stereocenters. The van der Waals surface area contributed by atoms with E-state index in [9.17, 15) is 0 Å². The highest BCUT2D eigenvalue weighted by atomic mass is 31.2. The van der Waals surface area contributed by atoms with E-state index in [0.717, 1.165) is 55.9 Å². The number of fused-ring (bicyclic) bond motifs is 2. The molecule has 0 saturated carbocycles. The van der Waals surface area contributed by atoms with Crippen molar-refractivity contribution in [3.8, 4) is 11.5 Å². The van der Waals surface area contributed by atoms with Gasteiger partial charge in [0.05, 0.1) is 6.61 Å². The van der Waals surface area contributed by atoms with Crippen molar-refractivity contribution < 1.29 is 13.6 Å². The monoisotopic (exact) mass is 582 g/mol. The Morgan fingerprint density at radius 1 is 0.634 bits per heavy atom. The summed E-state index contributed by atoms with van der Waals surface area (Å²) in [4.78, 5) is 0. The van der Waals surface area contributed by atoms with Crippen molar-refractivity contribution in [3.05, 3.63) is 57.6 Å². The second-order valence-corrected chi connectivity index (χ2v) is 13.6. The molecule has 1 aliphatic rings. The molecule has 0 aromatic heterocycles. The molecule has 0 bridgehead atoms. The quantitative estimate of drug-likeness (QED) is 0.122. The molecule has 0 aliphatic carbocycles. The molecule has 0 saturated heterocycles. The third kappa shape index (κ3) is 11.2. The SMILES string of the molecule is CCCCc1cc(CCCC)c2c(c1)Cc1cc(CCCC)cc(CCCC)c1OP(OCCCCCC(C)C)O2. The van der Waals surface area contributed by atoms with Gasteiger partial charge >= 0.3 is 8.60 Å². The van der Waals surface area contributed by atoms with Crippen molar-refractivity contribution in [3.63, 3.8) is 0 Å². The average molecular weight is 583 g/mol. The zero-order valence-electron chi connectivity index (χ0n) is 27.3. The Morgan fingerprint density at radius 2 is 1.12 bits per heavy atom. The Bertz CT molecular complexity index is 960. The molecular weight excluding hydrogens is 523 g/mol. The lowest BCUT2D eigenvalue weighted by atomic mass is 9.91. The number of aryl methyl sites for hydroxylation is 4. The predicted octanol–water partition coefficient (Wildman–Crippen LogP) is 11.9. The van der Waals surface area contributed by atoms with Gasteiger partial charge in [0.2, 0.25) is 0 Å². The molecule has 0 amide bonds. The number of benzene rings is 2. The van der Waals surface area contributed by atoms with Crippen molar-refractivity contribution in [1.82, 2.24) is 0 Å². The Kier molecular flexibility index (Phi) is 15.6. The van der Waals surface area contributed by atoms with Gasteiger partial charge in [0, 0.05) is 6.42 Å². The summed E-state index contributed by atoms with van der Waals surface area (Å²) in [5.41, 5.74) is 8.21. The van der Waals surface area contributed by atoms with Crippen LogP contribution in [0.3, 0.4) is 0 Å². The van der Waals surface area contributed by atoms with E-state index in [2.05, 4.69) is 65.8 Å². The first-order valence-electron chi connectivity index (χ1n) is 17.1. The van der Waals surface area contributed by atoms with E-state index < -0.39 is 8.60 Å². The molecule has 0 radical (unpaired) electrons. The molecule has 1 aliphatic heterocycles. The average Bonchev–Trinajstić information content (AvgIpc) is 2.95. The van der Waals surface area contributed by atoms with Gasteiger partial charge < -0.3 is 9.05 Å². The summed E-state index contributed by atoms with van der Waals surface area (Å²) in [5.74, 6) is 2.83. The zero-order valence-corrected chi connectivity index (χ0v) is 28.2. The third-order valence-corrected chi connectivity index (χ3v) is 9.23. The lowest BCUT2D eigenvalue weighted by Crippen LogP contribution is -2.12. The van der Waals surface area contributed by atoms with Crippen LogP contribution in [0.5, 0.6) is 11.5 Å². The molecule has 0 fully saturated rings. The summed E-state index contributed by atoms with van der Waals surface area (Å²) in [6.45, 7) is 14.4. The minimum absolute atomic E-state index is 0.687. The number of hydrogen-bond donors (Lipinski definition) is 0. The fourth-order valence-electron chi connectivity index (χ4n) is 5.70. The first-order chi connectivity index (χ1) is 20.0. The molecule has 0 spiro atoms. The van der Waals surface area contributed by atoms with E-state index in [1.807, 2.05) is 0 Å². The molecule has 2 aromatic rings. The van der Waals surface area contributed by atoms with E-state index in [1.165, 1.54) is 104 Å². The smallest absolute Gasteiger partial charge is 0.417 e. The van der Waals surface area contributed by atoms with E-state index in [4.69, 9.17) is 13.6 Å². The van der Waals surface area contributed by atoms with Crippen LogP contribution in [-0.4, -0.2) is 6.61 Å². The summed E-state index contributed by atoms with van der Waals surface area (Å²) in [6.07, 6.45) is 19.6. The maximum atomic E-state index is 6.80. The van der Waals surface area contributed by atoms with Crippen molar-refractivity contribution in [2.45, 2.75) is 151 Å². The number of hydrogen-bond acceptors (Lipinski definition) is 3. The van der Waals surface area contributed by atoms with Crippen LogP contribution in [0.1, 0.15) is 152 Å².